The van der Waals surface area contributed by atoms with Gasteiger partial charge in [0, 0.05) is 26.4 Å². The van der Waals surface area contributed by atoms with Crippen molar-refractivity contribution in [1.29, 1.82) is 0 Å². The molecule has 174 valence electrons. The highest BCUT2D eigenvalue weighted by molar-refractivity contribution is 6.00. The Morgan fingerprint density at radius 3 is 2.50 bits per heavy atom. The maximum absolute atomic E-state index is 13.6. The number of para-hydroxylation sites is 1. The molecule has 0 saturated heterocycles. The van der Waals surface area contributed by atoms with Crippen LogP contribution in [-0.2, 0) is 7.05 Å². The highest BCUT2D eigenvalue weighted by Gasteiger charge is 2.18. The molecule has 11 heteroatoms. The summed E-state index contributed by atoms with van der Waals surface area (Å²) in [6.07, 6.45) is 4.18. The van der Waals surface area contributed by atoms with E-state index < -0.39 is 5.82 Å². The molecule has 0 fully saturated rings. The molecule has 0 spiro atoms. The Labute approximate surface area is 195 Å². The topological polar surface area (TPSA) is 119 Å². The number of hydrogen-bond donors (Lipinski definition) is 3. The van der Waals surface area contributed by atoms with Crippen LogP contribution in [0.2, 0.25) is 0 Å². The van der Waals surface area contributed by atoms with Gasteiger partial charge in [-0.3, -0.25) is 9.48 Å². The third-order valence-corrected chi connectivity index (χ3v) is 5.01. The average molecular weight is 462 g/mol. The molecule has 34 heavy (non-hydrogen) atoms. The molecular formula is C23H23FN8O2. The van der Waals surface area contributed by atoms with Crippen LogP contribution in [0.5, 0.6) is 5.75 Å². The number of benzene rings is 1. The number of aryl methyl sites for hydroxylation is 2. The van der Waals surface area contributed by atoms with Crippen LogP contribution < -0.4 is 20.7 Å². The fourth-order valence-corrected chi connectivity index (χ4v) is 3.32. The number of halogens is 1. The summed E-state index contributed by atoms with van der Waals surface area (Å²) in [6.45, 7) is 1.65. The van der Waals surface area contributed by atoms with Crippen molar-refractivity contribution in [3.8, 4) is 17.1 Å². The summed E-state index contributed by atoms with van der Waals surface area (Å²) in [7, 11) is 4.87. The molecule has 0 radical (unpaired) electrons. The van der Waals surface area contributed by atoms with Gasteiger partial charge in [-0.2, -0.15) is 5.10 Å². The Hall–Kier alpha value is -4.54. The Balaban J connectivity index is 1.73. The number of carbonyl (C=O) groups is 1. The second-order valence-electron chi connectivity index (χ2n) is 7.39. The average Bonchev–Trinajstić information content (AvgIpc) is 3.27. The highest BCUT2D eigenvalue weighted by Crippen LogP contribution is 2.37. The van der Waals surface area contributed by atoms with Gasteiger partial charge in [0.2, 0.25) is 0 Å². The van der Waals surface area contributed by atoms with Crippen LogP contribution in [0.1, 0.15) is 15.9 Å². The van der Waals surface area contributed by atoms with E-state index >= 15 is 0 Å². The van der Waals surface area contributed by atoms with Crippen LogP contribution in [0.15, 0.2) is 49.1 Å². The zero-order valence-electron chi connectivity index (χ0n) is 19.0. The van der Waals surface area contributed by atoms with E-state index in [2.05, 4.69) is 36.0 Å². The molecule has 0 aliphatic heterocycles. The second kappa shape index (κ2) is 9.53. The first-order chi connectivity index (χ1) is 16.4. The lowest BCUT2D eigenvalue weighted by molar-refractivity contribution is 0.0963. The number of rotatable bonds is 7. The largest absolute Gasteiger partial charge is 0.494 e. The highest BCUT2D eigenvalue weighted by atomic mass is 19.1. The van der Waals surface area contributed by atoms with Gasteiger partial charge >= 0.3 is 0 Å². The van der Waals surface area contributed by atoms with E-state index in [4.69, 9.17) is 4.74 Å². The smallest absolute Gasteiger partial charge is 0.254 e. The summed E-state index contributed by atoms with van der Waals surface area (Å²) in [5.41, 5.74) is 2.53. The van der Waals surface area contributed by atoms with Crippen molar-refractivity contribution in [1.82, 2.24) is 30.0 Å². The lowest BCUT2D eigenvalue weighted by Crippen LogP contribution is -2.19. The molecule has 1 amide bonds. The molecule has 0 unspecified atom stereocenters. The minimum Gasteiger partial charge on any atom is -0.494 e. The molecule has 0 bridgehead atoms. The molecule has 3 aromatic heterocycles. The van der Waals surface area contributed by atoms with Crippen molar-refractivity contribution in [3.05, 3.63) is 66.0 Å². The van der Waals surface area contributed by atoms with Crippen molar-refractivity contribution >= 4 is 28.9 Å². The first-order valence-electron chi connectivity index (χ1n) is 10.3. The zero-order chi connectivity index (χ0) is 24.2. The Morgan fingerprint density at radius 1 is 1.06 bits per heavy atom. The molecule has 3 heterocycles. The summed E-state index contributed by atoms with van der Waals surface area (Å²) in [5.74, 6) is 1.13. The third-order valence-electron chi connectivity index (χ3n) is 5.01. The predicted molar refractivity (Wildman–Crippen MR) is 126 cm³/mol. The van der Waals surface area contributed by atoms with E-state index in [0.29, 0.717) is 51.3 Å². The minimum absolute atomic E-state index is 0.319. The molecule has 3 N–H and O–H groups in total. The van der Waals surface area contributed by atoms with Crippen LogP contribution in [0.25, 0.3) is 11.4 Å². The molecular weight excluding hydrogens is 439 g/mol. The van der Waals surface area contributed by atoms with Crippen LogP contribution in [-0.4, -0.2) is 44.8 Å². The number of carbonyl (C=O) groups excluding carboxylic acids is 1. The standard InChI is InChI=1S/C23H23FN8O2/c1-13-8-19(27-11-16(13)24)30-20-9-18(15(10-26-20)23(33)25-2)29-17-7-5-6-14(21(17)34-4)22-28-12-32(3)31-22/h5-12H,1-4H3,(H,25,33)(H2,26,27,29,30). The normalized spacial score (nSPS) is 10.6. The first kappa shape index (κ1) is 22.6. The van der Waals surface area contributed by atoms with Crippen LogP contribution in [0, 0.1) is 12.7 Å². The lowest BCUT2D eigenvalue weighted by atomic mass is 10.1. The maximum atomic E-state index is 13.6. The fourth-order valence-electron chi connectivity index (χ4n) is 3.32. The Kier molecular flexibility index (Phi) is 6.35. The molecule has 4 rings (SSSR count). The van der Waals surface area contributed by atoms with E-state index in [0.717, 1.165) is 6.20 Å². The maximum Gasteiger partial charge on any atom is 0.254 e. The molecule has 0 atom stereocenters. The number of nitrogens with one attached hydrogen (secondary N) is 3. The predicted octanol–water partition coefficient (Wildman–Crippen LogP) is 3.58. The molecule has 10 nitrogen and oxygen atoms in total. The SMILES string of the molecule is CNC(=O)c1cnc(Nc2cc(C)c(F)cn2)cc1Nc1cccc(-c2ncn(C)n2)c1OC. The second-order valence-corrected chi connectivity index (χ2v) is 7.39. The van der Waals surface area contributed by atoms with E-state index in [9.17, 15) is 9.18 Å². The monoisotopic (exact) mass is 462 g/mol. The van der Waals surface area contributed by atoms with E-state index in [1.54, 1.807) is 44.2 Å². The summed E-state index contributed by atoms with van der Waals surface area (Å²) in [6, 6.07) is 8.74. The molecule has 0 aliphatic rings. The van der Waals surface area contributed by atoms with Crippen molar-refractivity contribution in [2.45, 2.75) is 6.92 Å². The van der Waals surface area contributed by atoms with Crippen LogP contribution in [0.3, 0.4) is 0 Å². The van der Waals surface area contributed by atoms with Gasteiger partial charge in [0.05, 0.1) is 35.8 Å². The molecule has 1 aromatic carbocycles. The van der Waals surface area contributed by atoms with Gasteiger partial charge in [0.15, 0.2) is 11.6 Å². The number of nitrogens with zero attached hydrogens (tertiary/aromatic N) is 5. The van der Waals surface area contributed by atoms with Crippen molar-refractivity contribution in [2.75, 3.05) is 24.8 Å². The Bertz CT molecular complexity index is 1350. The van der Waals surface area contributed by atoms with Gasteiger partial charge in [-0.05, 0) is 30.7 Å². The van der Waals surface area contributed by atoms with Gasteiger partial charge in [-0.25, -0.2) is 19.3 Å². The molecule has 0 saturated carbocycles. The first-order valence-corrected chi connectivity index (χ1v) is 10.3. The van der Waals surface area contributed by atoms with Crippen molar-refractivity contribution in [3.63, 3.8) is 0 Å². The lowest BCUT2D eigenvalue weighted by Gasteiger charge is -2.17. The Morgan fingerprint density at radius 2 is 1.82 bits per heavy atom. The zero-order valence-corrected chi connectivity index (χ0v) is 19.0. The molecule has 4 aromatic rings. The van der Waals surface area contributed by atoms with Crippen LogP contribution >= 0.6 is 0 Å². The summed E-state index contributed by atoms with van der Waals surface area (Å²) < 4.78 is 20.8. The van der Waals surface area contributed by atoms with Gasteiger partial charge in [-0.15, -0.1) is 0 Å². The number of aromatic nitrogens is 5. The van der Waals surface area contributed by atoms with Crippen molar-refractivity contribution in [2.24, 2.45) is 7.05 Å². The van der Waals surface area contributed by atoms with Crippen LogP contribution in [0.4, 0.5) is 27.4 Å². The number of methoxy groups -OCH3 is 1. The summed E-state index contributed by atoms with van der Waals surface area (Å²) in [5, 5.41) is 13.3. The fraction of sp³-hybridized carbons (Fsp3) is 0.174. The van der Waals surface area contributed by atoms with Gasteiger partial charge < -0.3 is 20.7 Å². The molecule has 0 aliphatic carbocycles. The van der Waals surface area contributed by atoms with E-state index in [-0.39, 0.29) is 5.91 Å². The number of amides is 1. The van der Waals surface area contributed by atoms with Gasteiger partial charge in [0.25, 0.3) is 5.91 Å². The van der Waals surface area contributed by atoms with E-state index in [1.165, 1.54) is 13.2 Å². The van der Waals surface area contributed by atoms with E-state index in [1.807, 2.05) is 18.2 Å². The summed E-state index contributed by atoms with van der Waals surface area (Å²) >= 11 is 0. The van der Waals surface area contributed by atoms with Gasteiger partial charge in [-0.1, -0.05) is 6.07 Å². The number of hydrogen-bond acceptors (Lipinski definition) is 8. The quantitative estimate of drug-likeness (QED) is 0.381. The van der Waals surface area contributed by atoms with Crippen molar-refractivity contribution < 1.29 is 13.9 Å². The van der Waals surface area contributed by atoms with Gasteiger partial charge in [0.1, 0.15) is 23.8 Å². The number of ether oxygens (including phenoxy) is 1. The third kappa shape index (κ3) is 4.63. The summed E-state index contributed by atoms with van der Waals surface area (Å²) in [4.78, 5) is 25.1. The minimum atomic E-state index is -0.398. The number of anilines is 4. The number of pyridine rings is 2.